The van der Waals surface area contributed by atoms with Crippen LogP contribution in [0.5, 0.6) is 0 Å². The molecule has 0 saturated heterocycles. The molecule has 0 aliphatic carbocycles. The van der Waals surface area contributed by atoms with Crippen LogP contribution in [-0.2, 0) is 19.1 Å². The van der Waals surface area contributed by atoms with E-state index >= 15 is 0 Å². The van der Waals surface area contributed by atoms with Crippen LogP contribution in [0, 0.1) is 5.92 Å². The topological polar surface area (TPSA) is 52.6 Å². The number of rotatable bonds is 5. The summed E-state index contributed by atoms with van der Waals surface area (Å²) in [5, 5.41) is 0. The number of hydrogen-bond donors (Lipinski definition) is 0. The average Bonchev–Trinajstić information content (AvgIpc) is 2.16. The predicted octanol–water partition coefficient (Wildman–Crippen LogP) is 3.33. The van der Waals surface area contributed by atoms with E-state index in [1.54, 1.807) is 0 Å². The fourth-order valence-corrected chi connectivity index (χ4v) is 0.894. The first-order chi connectivity index (χ1) is 8.20. The molecule has 108 valence electrons. The van der Waals surface area contributed by atoms with Gasteiger partial charge in [0.25, 0.3) is 0 Å². The molecule has 0 aromatic carbocycles. The van der Waals surface area contributed by atoms with Crippen molar-refractivity contribution in [2.45, 2.75) is 73.5 Å². The van der Waals surface area contributed by atoms with Crippen molar-refractivity contribution in [1.29, 1.82) is 0 Å². The zero-order chi connectivity index (χ0) is 14.7. The Bertz CT molecular complexity index is 232. The van der Waals surface area contributed by atoms with Crippen LogP contribution < -0.4 is 0 Å². The van der Waals surface area contributed by atoms with E-state index in [9.17, 15) is 9.59 Å². The summed E-state index contributed by atoms with van der Waals surface area (Å²) in [5.41, 5.74) is 0. The highest BCUT2D eigenvalue weighted by molar-refractivity contribution is 5.71. The van der Waals surface area contributed by atoms with Gasteiger partial charge >= 0.3 is 11.9 Å². The highest BCUT2D eigenvalue weighted by Crippen LogP contribution is 1.98. The van der Waals surface area contributed by atoms with E-state index in [-0.39, 0.29) is 30.1 Å². The van der Waals surface area contributed by atoms with E-state index in [1.165, 1.54) is 0 Å². The Morgan fingerprint density at radius 1 is 0.889 bits per heavy atom. The molecule has 0 aliphatic heterocycles. The zero-order valence-corrected chi connectivity index (χ0v) is 12.8. The molecular formula is C14H28O4. The normalized spacial score (nSPS) is 10.1. The van der Waals surface area contributed by atoms with E-state index in [0.717, 1.165) is 6.42 Å². The van der Waals surface area contributed by atoms with Crippen molar-refractivity contribution in [1.82, 2.24) is 0 Å². The summed E-state index contributed by atoms with van der Waals surface area (Å²) < 4.78 is 9.72. The monoisotopic (exact) mass is 260 g/mol. The molecule has 0 aromatic heterocycles. The molecule has 0 aliphatic rings. The molecule has 18 heavy (non-hydrogen) atoms. The molecule has 0 spiro atoms. The van der Waals surface area contributed by atoms with Crippen molar-refractivity contribution in [2.24, 2.45) is 5.92 Å². The molecule has 4 heteroatoms. The molecule has 0 N–H and O–H groups in total. The van der Waals surface area contributed by atoms with Gasteiger partial charge in [-0.1, -0.05) is 20.8 Å². The molecule has 0 unspecified atom stereocenters. The fourth-order valence-electron chi connectivity index (χ4n) is 0.894. The lowest BCUT2D eigenvalue weighted by atomic mass is 10.2. The number of carbonyl (C=O) groups excluding carboxylic acids is 2. The van der Waals surface area contributed by atoms with Crippen molar-refractivity contribution in [3.63, 3.8) is 0 Å². The lowest BCUT2D eigenvalue weighted by Gasteiger charge is -2.08. The van der Waals surface area contributed by atoms with Crippen LogP contribution in [0.2, 0.25) is 0 Å². The van der Waals surface area contributed by atoms with Crippen LogP contribution in [0.15, 0.2) is 0 Å². The molecular weight excluding hydrogens is 232 g/mol. The molecule has 0 fully saturated rings. The number of esters is 2. The molecule has 0 atom stereocenters. The summed E-state index contributed by atoms with van der Waals surface area (Å²) >= 11 is 0. The zero-order valence-electron chi connectivity index (χ0n) is 12.8. The van der Waals surface area contributed by atoms with E-state index in [1.807, 2.05) is 48.5 Å². The van der Waals surface area contributed by atoms with Crippen molar-refractivity contribution in [2.75, 3.05) is 0 Å². The first-order valence-electron chi connectivity index (χ1n) is 6.60. The minimum absolute atomic E-state index is 0.00704. The van der Waals surface area contributed by atoms with Gasteiger partial charge in [0.05, 0.1) is 18.1 Å². The molecule has 0 radical (unpaired) electrons. The van der Waals surface area contributed by atoms with Gasteiger partial charge in [0.15, 0.2) is 0 Å². The Hall–Kier alpha value is -1.06. The Labute approximate surface area is 111 Å². The van der Waals surface area contributed by atoms with Crippen molar-refractivity contribution in [3.8, 4) is 0 Å². The van der Waals surface area contributed by atoms with Crippen LogP contribution in [-0.4, -0.2) is 24.1 Å². The Balaban J connectivity index is 0. The predicted molar refractivity (Wildman–Crippen MR) is 72.2 cm³/mol. The molecule has 0 amide bonds. The molecule has 4 nitrogen and oxygen atoms in total. The maximum absolute atomic E-state index is 10.7. The van der Waals surface area contributed by atoms with Gasteiger partial charge in [-0.3, -0.25) is 9.59 Å². The highest BCUT2D eigenvalue weighted by Gasteiger charge is 2.08. The van der Waals surface area contributed by atoms with Gasteiger partial charge in [-0.15, -0.1) is 0 Å². The first kappa shape index (κ1) is 19.3. The number of hydrogen-bond acceptors (Lipinski definition) is 4. The van der Waals surface area contributed by atoms with Gasteiger partial charge in [0, 0.05) is 6.42 Å². The summed E-state index contributed by atoms with van der Waals surface area (Å²) in [6.45, 7) is 13.0. The smallest absolute Gasteiger partial charge is 0.308 e. The molecule has 0 heterocycles. The van der Waals surface area contributed by atoms with Crippen LogP contribution >= 0.6 is 0 Å². The minimum Gasteiger partial charge on any atom is -0.463 e. The summed E-state index contributed by atoms with van der Waals surface area (Å²) in [5.74, 6) is -0.218. The Morgan fingerprint density at radius 3 is 1.56 bits per heavy atom. The van der Waals surface area contributed by atoms with Crippen LogP contribution in [0.25, 0.3) is 0 Å². The van der Waals surface area contributed by atoms with Crippen LogP contribution in [0.4, 0.5) is 0 Å². The summed E-state index contributed by atoms with van der Waals surface area (Å²) in [4.78, 5) is 21.4. The Kier molecular flexibility index (Phi) is 11.8. The second-order valence-electron chi connectivity index (χ2n) is 4.93. The Morgan fingerprint density at radius 2 is 1.33 bits per heavy atom. The van der Waals surface area contributed by atoms with Crippen molar-refractivity contribution >= 4 is 11.9 Å². The van der Waals surface area contributed by atoms with E-state index in [0.29, 0.717) is 6.42 Å². The lowest BCUT2D eigenvalue weighted by Crippen LogP contribution is -2.16. The third-order valence-electron chi connectivity index (χ3n) is 1.64. The van der Waals surface area contributed by atoms with E-state index in [4.69, 9.17) is 9.47 Å². The quantitative estimate of drug-likeness (QED) is 0.711. The fraction of sp³-hybridized carbons (Fsp3) is 0.857. The summed E-state index contributed by atoms with van der Waals surface area (Å²) in [6.07, 6.45) is 1.45. The number of carbonyl (C=O) groups is 2. The standard InChI is InChI=1S/2C7H14O2/c1-5(2)7(8)9-6(3)4;1-4-5-7(8)9-6(2)3/h5-6H,1-4H3;6H,4-5H2,1-3H3. The lowest BCUT2D eigenvalue weighted by molar-refractivity contribution is -0.151. The number of ether oxygens (including phenoxy) is 2. The summed E-state index contributed by atoms with van der Waals surface area (Å²) in [6, 6.07) is 0. The maximum Gasteiger partial charge on any atom is 0.308 e. The third kappa shape index (κ3) is 14.9. The molecule has 0 aromatic rings. The minimum atomic E-state index is -0.120. The molecule has 0 rings (SSSR count). The van der Waals surface area contributed by atoms with Crippen LogP contribution in [0.1, 0.15) is 61.3 Å². The maximum atomic E-state index is 10.7. The van der Waals surface area contributed by atoms with Gasteiger partial charge in [0.1, 0.15) is 0 Å². The first-order valence-corrected chi connectivity index (χ1v) is 6.60. The van der Waals surface area contributed by atoms with Crippen molar-refractivity contribution in [3.05, 3.63) is 0 Å². The van der Waals surface area contributed by atoms with Gasteiger partial charge in [-0.2, -0.15) is 0 Å². The van der Waals surface area contributed by atoms with E-state index in [2.05, 4.69) is 0 Å². The summed E-state index contributed by atoms with van der Waals surface area (Å²) in [7, 11) is 0. The largest absolute Gasteiger partial charge is 0.463 e. The van der Waals surface area contributed by atoms with Gasteiger partial charge in [-0.25, -0.2) is 0 Å². The second-order valence-corrected chi connectivity index (χ2v) is 4.93. The van der Waals surface area contributed by atoms with Gasteiger partial charge in [-0.05, 0) is 34.1 Å². The third-order valence-corrected chi connectivity index (χ3v) is 1.64. The van der Waals surface area contributed by atoms with E-state index < -0.39 is 0 Å². The SMILES string of the molecule is CC(C)OC(=O)C(C)C.CCCC(=O)OC(C)C. The average molecular weight is 260 g/mol. The second kappa shape index (κ2) is 11.1. The highest BCUT2D eigenvalue weighted by atomic mass is 16.5. The van der Waals surface area contributed by atoms with Crippen LogP contribution in [0.3, 0.4) is 0 Å². The molecule has 0 saturated carbocycles. The van der Waals surface area contributed by atoms with Gasteiger partial charge < -0.3 is 9.47 Å². The van der Waals surface area contributed by atoms with Gasteiger partial charge in [0.2, 0.25) is 0 Å². The molecule has 0 bridgehead atoms. The van der Waals surface area contributed by atoms with Crippen molar-refractivity contribution < 1.29 is 19.1 Å².